The van der Waals surface area contributed by atoms with Gasteiger partial charge in [0.15, 0.2) is 11.6 Å². The lowest BCUT2D eigenvalue weighted by atomic mass is 10.3. The maximum absolute atomic E-state index is 13.3. The fourth-order valence-corrected chi connectivity index (χ4v) is 4.07. The molecule has 0 atom stereocenters. The van der Waals surface area contributed by atoms with Crippen molar-refractivity contribution < 1.29 is 13.6 Å². The van der Waals surface area contributed by atoms with Gasteiger partial charge in [0, 0.05) is 50.0 Å². The van der Waals surface area contributed by atoms with Crippen LogP contribution in [0.25, 0.3) is 5.65 Å². The van der Waals surface area contributed by atoms with Gasteiger partial charge in [-0.2, -0.15) is 0 Å². The third-order valence-corrected chi connectivity index (χ3v) is 5.76. The molecule has 0 bridgehead atoms. The van der Waals surface area contributed by atoms with E-state index in [1.165, 1.54) is 17.8 Å². The average Bonchev–Trinajstić information content (AvgIpc) is 3.11. The first-order chi connectivity index (χ1) is 13.6. The Kier molecular flexibility index (Phi) is 5.59. The molecule has 0 unspecified atom stereocenters. The van der Waals surface area contributed by atoms with Gasteiger partial charge in [-0.15, -0.1) is 11.8 Å². The highest BCUT2D eigenvalue weighted by Gasteiger charge is 2.21. The smallest absolute Gasteiger partial charge is 0.233 e. The van der Waals surface area contributed by atoms with Gasteiger partial charge in [-0.3, -0.25) is 9.69 Å². The number of rotatable bonds is 5. The number of piperazine rings is 1. The largest absolute Gasteiger partial charge is 0.339 e. The number of pyridine rings is 1. The van der Waals surface area contributed by atoms with E-state index in [4.69, 9.17) is 0 Å². The van der Waals surface area contributed by atoms with E-state index in [1.807, 2.05) is 39.9 Å². The number of hydrogen-bond donors (Lipinski definition) is 0. The Morgan fingerprint density at radius 1 is 1.07 bits per heavy atom. The molecule has 0 spiro atoms. The van der Waals surface area contributed by atoms with Gasteiger partial charge in [0.25, 0.3) is 0 Å². The van der Waals surface area contributed by atoms with E-state index in [0.717, 1.165) is 43.1 Å². The number of amides is 1. The molecule has 1 amide bonds. The Hall–Kier alpha value is -2.45. The van der Waals surface area contributed by atoms with Gasteiger partial charge in [0.2, 0.25) is 5.91 Å². The Bertz CT molecular complexity index is 952. The van der Waals surface area contributed by atoms with Crippen LogP contribution in [-0.2, 0) is 11.3 Å². The summed E-state index contributed by atoms with van der Waals surface area (Å²) in [6.07, 6.45) is 4.01. The van der Waals surface area contributed by atoms with E-state index >= 15 is 0 Å². The van der Waals surface area contributed by atoms with Crippen LogP contribution in [0, 0.1) is 11.6 Å². The molecule has 3 aromatic rings. The molecular weight excluding hydrogens is 382 g/mol. The Balaban J connectivity index is 1.26. The van der Waals surface area contributed by atoms with Crippen molar-refractivity contribution in [3.63, 3.8) is 0 Å². The molecule has 1 fully saturated rings. The zero-order valence-corrected chi connectivity index (χ0v) is 16.0. The van der Waals surface area contributed by atoms with Gasteiger partial charge >= 0.3 is 0 Å². The summed E-state index contributed by atoms with van der Waals surface area (Å²) >= 11 is 1.23. The third-order valence-electron chi connectivity index (χ3n) is 4.78. The number of imidazole rings is 1. The SMILES string of the molecule is O=C(CSc1ccc(F)c(F)c1)N1CCN(Cc2cn3ccccc3n2)CC1. The quantitative estimate of drug-likeness (QED) is 0.615. The molecule has 0 N–H and O–H groups in total. The second-order valence-electron chi connectivity index (χ2n) is 6.72. The van der Waals surface area contributed by atoms with Crippen molar-refractivity contribution in [1.82, 2.24) is 19.2 Å². The molecule has 0 aliphatic carbocycles. The zero-order valence-electron chi connectivity index (χ0n) is 15.2. The predicted molar refractivity (Wildman–Crippen MR) is 104 cm³/mol. The monoisotopic (exact) mass is 402 g/mol. The minimum absolute atomic E-state index is 0.0158. The maximum atomic E-state index is 13.3. The van der Waals surface area contributed by atoms with E-state index in [1.54, 1.807) is 0 Å². The van der Waals surface area contributed by atoms with Crippen molar-refractivity contribution in [1.29, 1.82) is 0 Å². The molecule has 8 heteroatoms. The summed E-state index contributed by atoms with van der Waals surface area (Å²) in [5.74, 6) is -1.53. The number of nitrogens with zero attached hydrogens (tertiary/aromatic N) is 4. The van der Waals surface area contributed by atoms with Gasteiger partial charge in [-0.05, 0) is 30.3 Å². The lowest BCUT2D eigenvalue weighted by Gasteiger charge is -2.34. The van der Waals surface area contributed by atoms with Crippen molar-refractivity contribution >= 4 is 23.3 Å². The summed E-state index contributed by atoms with van der Waals surface area (Å²) in [5.41, 5.74) is 1.94. The first kappa shape index (κ1) is 18.9. The summed E-state index contributed by atoms with van der Waals surface area (Å²) in [7, 11) is 0. The second-order valence-corrected chi connectivity index (χ2v) is 7.77. The van der Waals surface area contributed by atoms with Crippen LogP contribution in [0.2, 0.25) is 0 Å². The van der Waals surface area contributed by atoms with Gasteiger partial charge < -0.3 is 9.30 Å². The van der Waals surface area contributed by atoms with Crippen LogP contribution >= 0.6 is 11.8 Å². The van der Waals surface area contributed by atoms with Crippen molar-refractivity contribution in [3.05, 3.63) is 66.1 Å². The lowest BCUT2D eigenvalue weighted by molar-refractivity contribution is -0.130. The van der Waals surface area contributed by atoms with Crippen LogP contribution in [0.3, 0.4) is 0 Å². The van der Waals surface area contributed by atoms with E-state index in [9.17, 15) is 13.6 Å². The van der Waals surface area contributed by atoms with Crippen LogP contribution in [0.1, 0.15) is 5.69 Å². The standard InChI is InChI=1S/C20H20F2N4OS/c21-17-5-4-16(11-18(17)22)28-14-20(27)25-9-7-24(8-10-25)12-15-13-26-6-2-1-3-19(26)23-15/h1-6,11,13H,7-10,12,14H2. The molecular formula is C20H20F2N4OS. The number of halogens is 2. The summed E-state index contributed by atoms with van der Waals surface area (Å²) in [5, 5.41) is 0. The number of fused-ring (bicyclic) bond motifs is 1. The molecule has 1 aliphatic heterocycles. The number of carbonyl (C=O) groups excluding carboxylic acids is 1. The minimum Gasteiger partial charge on any atom is -0.339 e. The molecule has 1 aliphatic rings. The molecule has 3 heterocycles. The third kappa shape index (κ3) is 4.34. The average molecular weight is 402 g/mol. The first-order valence-electron chi connectivity index (χ1n) is 9.09. The molecule has 1 aromatic carbocycles. The maximum Gasteiger partial charge on any atom is 0.233 e. The molecule has 28 heavy (non-hydrogen) atoms. The Morgan fingerprint density at radius 3 is 2.64 bits per heavy atom. The molecule has 5 nitrogen and oxygen atoms in total. The molecule has 1 saturated heterocycles. The topological polar surface area (TPSA) is 40.9 Å². The van der Waals surface area contributed by atoms with Crippen LogP contribution in [0.5, 0.6) is 0 Å². The number of carbonyl (C=O) groups is 1. The van der Waals surface area contributed by atoms with Crippen LogP contribution < -0.4 is 0 Å². The van der Waals surface area contributed by atoms with Crippen molar-refractivity contribution in [2.75, 3.05) is 31.9 Å². The van der Waals surface area contributed by atoms with Gasteiger partial charge in [-0.1, -0.05) is 6.07 Å². The van der Waals surface area contributed by atoms with Crippen molar-refractivity contribution in [2.45, 2.75) is 11.4 Å². The van der Waals surface area contributed by atoms with E-state index in [0.29, 0.717) is 18.0 Å². The highest BCUT2D eigenvalue weighted by atomic mass is 32.2. The first-order valence-corrected chi connectivity index (χ1v) is 10.1. The van der Waals surface area contributed by atoms with E-state index in [2.05, 4.69) is 9.88 Å². The van der Waals surface area contributed by atoms with Crippen molar-refractivity contribution in [2.24, 2.45) is 0 Å². The highest BCUT2D eigenvalue weighted by Crippen LogP contribution is 2.21. The van der Waals surface area contributed by atoms with Crippen LogP contribution in [0.4, 0.5) is 8.78 Å². The normalized spacial score (nSPS) is 15.3. The molecule has 4 rings (SSSR count). The number of aromatic nitrogens is 2. The second kappa shape index (κ2) is 8.28. The molecule has 2 aromatic heterocycles. The molecule has 0 radical (unpaired) electrons. The van der Waals surface area contributed by atoms with Crippen molar-refractivity contribution in [3.8, 4) is 0 Å². The van der Waals surface area contributed by atoms with E-state index < -0.39 is 11.6 Å². The highest BCUT2D eigenvalue weighted by molar-refractivity contribution is 8.00. The number of hydrogen-bond acceptors (Lipinski definition) is 4. The zero-order chi connectivity index (χ0) is 19.5. The van der Waals surface area contributed by atoms with Gasteiger partial charge in [-0.25, -0.2) is 13.8 Å². The fourth-order valence-electron chi connectivity index (χ4n) is 3.25. The summed E-state index contributed by atoms with van der Waals surface area (Å²) < 4.78 is 28.2. The lowest BCUT2D eigenvalue weighted by Crippen LogP contribution is -2.48. The number of benzene rings is 1. The summed E-state index contributed by atoms with van der Waals surface area (Å²) in [6.45, 7) is 3.65. The Morgan fingerprint density at radius 2 is 1.89 bits per heavy atom. The number of thioether (sulfide) groups is 1. The molecule has 146 valence electrons. The van der Waals surface area contributed by atoms with E-state index in [-0.39, 0.29) is 11.7 Å². The summed E-state index contributed by atoms with van der Waals surface area (Å²) in [4.78, 5) is 21.7. The Labute approximate surface area is 166 Å². The van der Waals surface area contributed by atoms with Crippen LogP contribution in [0.15, 0.2) is 53.7 Å². The van der Waals surface area contributed by atoms with Gasteiger partial charge in [0.1, 0.15) is 5.65 Å². The predicted octanol–water partition coefficient (Wildman–Crippen LogP) is 3.05. The van der Waals surface area contributed by atoms with Gasteiger partial charge in [0.05, 0.1) is 11.4 Å². The molecule has 0 saturated carbocycles. The van der Waals surface area contributed by atoms with Crippen LogP contribution in [-0.4, -0.2) is 57.0 Å². The summed E-state index contributed by atoms with van der Waals surface area (Å²) in [6, 6.07) is 9.62. The fraction of sp³-hybridized carbons (Fsp3) is 0.300. The minimum atomic E-state index is -0.891.